The van der Waals surface area contributed by atoms with Gasteiger partial charge in [-0.15, -0.1) is 0 Å². The third-order valence-corrected chi connectivity index (χ3v) is 2.55. The minimum atomic E-state index is -0.611. The first kappa shape index (κ1) is 11.0. The molecule has 0 amide bonds. The van der Waals surface area contributed by atoms with Crippen molar-refractivity contribution in [2.75, 3.05) is 13.7 Å². The van der Waals surface area contributed by atoms with Crippen LogP contribution >= 0.6 is 15.9 Å². The summed E-state index contributed by atoms with van der Waals surface area (Å²) >= 11 is 3.09. The van der Waals surface area contributed by atoms with Crippen LogP contribution in [0.1, 0.15) is 16.2 Å². The van der Waals surface area contributed by atoms with Gasteiger partial charge in [0.1, 0.15) is 16.9 Å². The summed E-state index contributed by atoms with van der Waals surface area (Å²) in [5, 5.41) is 0. The van der Waals surface area contributed by atoms with E-state index in [1.807, 2.05) is 0 Å². The van der Waals surface area contributed by atoms with Crippen molar-refractivity contribution in [1.82, 2.24) is 9.97 Å². The second-order valence-electron chi connectivity index (χ2n) is 3.11. The lowest BCUT2D eigenvalue weighted by Crippen LogP contribution is -2.23. The number of hydrogen-bond acceptors (Lipinski definition) is 6. The summed E-state index contributed by atoms with van der Waals surface area (Å²) in [5.74, 6) is -0.431. The van der Waals surface area contributed by atoms with Gasteiger partial charge in [0.15, 0.2) is 11.5 Å². The second-order valence-corrected chi connectivity index (χ2v) is 3.86. The van der Waals surface area contributed by atoms with Crippen LogP contribution in [-0.2, 0) is 16.0 Å². The Labute approximate surface area is 99.1 Å². The standard InChI is InChI=1S/C9H7BrN2O4/c1-15-9(14)6-7(10)12-8-5(11-6)2-4(13)3-16-8/h2-3H2,1H3. The molecule has 84 valence electrons. The quantitative estimate of drug-likeness (QED) is 0.701. The molecule has 0 spiro atoms. The van der Waals surface area contributed by atoms with Crippen molar-refractivity contribution in [1.29, 1.82) is 0 Å². The largest absolute Gasteiger partial charge is 0.468 e. The number of aromatic nitrogens is 2. The van der Waals surface area contributed by atoms with Crippen LogP contribution < -0.4 is 4.74 Å². The van der Waals surface area contributed by atoms with Gasteiger partial charge in [-0.05, 0) is 15.9 Å². The van der Waals surface area contributed by atoms with Crippen molar-refractivity contribution in [2.45, 2.75) is 6.42 Å². The predicted octanol–water partition coefficient (Wildman–Crippen LogP) is 0.530. The van der Waals surface area contributed by atoms with E-state index in [0.717, 1.165) is 0 Å². The Bertz CT molecular complexity index is 475. The van der Waals surface area contributed by atoms with Crippen molar-refractivity contribution >= 4 is 27.7 Å². The average Bonchev–Trinajstić information content (AvgIpc) is 2.28. The highest BCUT2D eigenvalue weighted by Gasteiger charge is 2.24. The molecule has 1 aliphatic heterocycles. The number of Topliss-reactive ketones (excluding diaryl/α,β-unsaturated/α-hetero) is 1. The van der Waals surface area contributed by atoms with Crippen molar-refractivity contribution < 1.29 is 19.1 Å². The number of rotatable bonds is 1. The zero-order chi connectivity index (χ0) is 11.7. The molecule has 6 nitrogen and oxygen atoms in total. The van der Waals surface area contributed by atoms with Gasteiger partial charge in [-0.3, -0.25) is 4.79 Å². The molecule has 0 saturated carbocycles. The molecule has 0 aromatic carbocycles. The number of ether oxygens (including phenoxy) is 2. The minimum Gasteiger partial charge on any atom is -0.468 e. The van der Waals surface area contributed by atoms with E-state index in [4.69, 9.17) is 4.74 Å². The Morgan fingerprint density at radius 1 is 1.50 bits per heavy atom. The molecule has 0 saturated heterocycles. The highest BCUT2D eigenvalue weighted by atomic mass is 79.9. The van der Waals surface area contributed by atoms with E-state index in [1.54, 1.807) is 0 Å². The van der Waals surface area contributed by atoms with Crippen LogP contribution in [0.2, 0.25) is 0 Å². The molecular formula is C9H7BrN2O4. The van der Waals surface area contributed by atoms with E-state index in [-0.39, 0.29) is 35.0 Å². The number of ketones is 1. The van der Waals surface area contributed by atoms with Gasteiger partial charge in [0, 0.05) is 0 Å². The van der Waals surface area contributed by atoms with Crippen LogP contribution in [-0.4, -0.2) is 35.4 Å². The smallest absolute Gasteiger partial charge is 0.359 e. The Balaban J connectivity index is 2.46. The normalized spacial score (nSPS) is 14.0. The fourth-order valence-electron chi connectivity index (χ4n) is 1.28. The molecule has 7 heteroatoms. The van der Waals surface area contributed by atoms with Crippen molar-refractivity contribution in [3.63, 3.8) is 0 Å². The molecular weight excluding hydrogens is 280 g/mol. The number of halogens is 1. The lowest BCUT2D eigenvalue weighted by Gasteiger charge is -2.15. The maximum absolute atomic E-state index is 11.3. The number of methoxy groups -OCH3 is 1. The first-order valence-corrected chi connectivity index (χ1v) is 5.20. The van der Waals surface area contributed by atoms with Crippen LogP contribution in [0.25, 0.3) is 0 Å². The van der Waals surface area contributed by atoms with Crippen LogP contribution in [0.3, 0.4) is 0 Å². The van der Waals surface area contributed by atoms with Crippen LogP contribution in [0.15, 0.2) is 4.60 Å². The van der Waals surface area contributed by atoms with E-state index in [9.17, 15) is 9.59 Å². The van der Waals surface area contributed by atoms with Gasteiger partial charge >= 0.3 is 5.97 Å². The lowest BCUT2D eigenvalue weighted by atomic mass is 10.2. The Morgan fingerprint density at radius 2 is 2.25 bits per heavy atom. The summed E-state index contributed by atoms with van der Waals surface area (Å²) in [4.78, 5) is 30.5. The molecule has 16 heavy (non-hydrogen) atoms. The molecule has 2 heterocycles. The van der Waals surface area contributed by atoms with Gasteiger partial charge in [-0.1, -0.05) is 0 Å². The summed E-state index contributed by atoms with van der Waals surface area (Å²) in [7, 11) is 1.25. The Morgan fingerprint density at radius 3 is 2.94 bits per heavy atom. The predicted molar refractivity (Wildman–Crippen MR) is 55.3 cm³/mol. The van der Waals surface area contributed by atoms with E-state index in [2.05, 4.69) is 30.6 Å². The third kappa shape index (κ3) is 1.90. The molecule has 1 aliphatic rings. The van der Waals surface area contributed by atoms with E-state index < -0.39 is 5.97 Å². The molecule has 0 bridgehead atoms. The van der Waals surface area contributed by atoms with Gasteiger partial charge in [-0.25, -0.2) is 14.8 Å². The maximum Gasteiger partial charge on any atom is 0.359 e. The monoisotopic (exact) mass is 286 g/mol. The molecule has 1 aromatic rings. The van der Waals surface area contributed by atoms with Crippen LogP contribution in [0, 0.1) is 0 Å². The minimum absolute atomic E-state index is 0.00824. The lowest BCUT2D eigenvalue weighted by molar-refractivity contribution is -0.121. The second kappa shape index (κ2) is 4.17. The first-order chi connectivity index (χ1) is 7.61. The fraction of sp³-hybridized carbons (Fsp3) is 0.333. The fourth-order valence-corrected chi connectivity index (χ4v) is 1.69. The number of carbonyl (C=O) groups excluding carboxylic acids is 2. The van der Waals surface area contributed by atoms with Gasteiger partial charge < -0.3 is 9.47 Å². The molecule has 0 N–H and O–H groups in total. The molecule has 0 aliphatic carbocycles. The molecule has 0 unspecified atom stereocenters. The van der Waals surface area contributed by atoms with Crippen LogP contribution in [0.4, 0.5) is 0 Å². The van der Waals surface area contributed by atoms with Gasteiger partial charge in [-0.2, -0.15) is 0 Å². The van der Waals surface area contributed by atoms with E-state index in [0.29, 0.717) is 5.69 Å². The molecule has 0 fully saturated rings. The highest BCUT2D eigenvalue weighted by Crippen LogP contribution is 2.24. The van der Waals surface area contributed by atoms with E-state index in [1.165, 1.54) is 7.11 Å². The Kier molecular flexibility index (Phi) is 2.86. The number of carbonyl (C=O) groups is 2. The molecule has 2 rings (SSSR count). The first-order valence-electron chi connectivity index (χ1n) is 4.41. The van der Waals surface area contributed by atoms with Gasteiger partial charge in [0.05, 0.1) is 13.5 Å². The number of hydrogen-bond donors (Lipinski definition) is 0. The molecule has 0 radical (unpaired) electrons. The van der Waals surface area contributed by atoms with Crippen LogP contribution in [0.5, 0.6) is 5.88 Å². The summed E-state index contributed by atoms with van der Waals surface area (Å²) in [6.07, 6.45) is 0.125. The number of fused-ring (bicyclic) bond motifs is 1. The highest BCUT2D eigenvalue weighted by molar-refractivity contribution is 9.10. The van der Waals surface area contributed by atoms with Gasteiger partial charge in [0.2, 0.25) is 5.88 Å². The topological polar surface area (TPSA) is 78.4 Å². The maximum atomic E-state index is 11.3. The van der Waals surface area contributed by atoms with Crippen molar-refractivity contribution in [3.05, 3.63) is 16.0 Å². The Hall–Kier alpha value is -1.50. The zero-order valence-electron chi connectivity index (χ0n) is 8.32. The van der Waals surface area contributed by atoms with Crippen molar-refractivity contribution in [3.8, 4) is 5.88 Å². The molecule has 1 aromatic heterocycles. The summed E-state index contributed by atoms with van der Waals surface area (Å²) in [5.41, 5.74) is 0.402. The molecule has 0 atom stereocenters. The number of esters is 1. The number of nitrogens with zero attached hydrogens (tertiary/aromatic N) is 2. The summed E-state index contributed by atoms with van der Waals surface area (Å²) in [6.45, 7) is -0.00824. The zero-order valence-corrected chi connectivity index (χ0v) is 9.91. The summed E-state index contributed by atoms with van der Waals surface area (Å²) in [6, 6.07) is 0. The third-order valence-electron chi connectivity index (χ3n) is 2.00. The van der Waals surface area contributed by atoms with E-state index >= 15 is 0 Å². The SMILES string of the molecule is COC(=O)c1nc2c(nc1Br)OCC(=O)C2. The van der Waals surface area contributed by atoms with Gasteiger partial charge in [0.25, 0.3) is 0 Å². The average molecular weight is 287 g/mol. The summed E-state index contributed by atoms with van der Waals surface area (Å²) < 4.78 is 9.86. The van der Waals surface area contributed by atoms with Crippen molar-refractivity contribution in [2.24, 2.45) is 0 Å².